The second kappa shape index (κ2) is 5.67. The van der Waals surface area contributed by atoms with Crippen LogP contribution in [0.4, 0.5) is 0 Å². The first-order chi connectivity index (χ1) is 8.66. The number of hydrogen-bond donors (Lipinski definition) is 0. The molecule has 18 heavy (non-hydrogen) atoms. The van der Waals surface area contributed by atoms with Gasteiger partial charge in [0.15, 0.2) is 0 Å². The van der Waals surface area contributed by atoms with E-state index in [2.05, 4.69) is 31.0 Å². The van der Waals surface area contributed by atoms with Gasteiger partial charge in [-0.3, -0.25) is 4.99 Å². The van der Waals surface area contributed by atoms with Crippen LogP contribution in [0.15, 0.2) is 58.4 Å². The van der Waals surface area contributed by atoms with E-state index in [4.69, 9.17) is 4.74 Å². The number of aliphatic imine (C=N–C) groups is 1. The molecule has 0 radical (unpaired) electrons. The van der Waals surface area contributed by atoms with Crippen molar-refractivity contribution in [3.8, 4) is 0 Å². The van der Waals surface area contributed by atoms with Gasteiger partial charge in [-0.25, -0.2) is 0 Å². The lowest BCUT2D eigenvalue weighted by atomic mass is 10.1. The van der Waals surface area contributed by atoms with Crippen LogP contribution < -0.4 is 0 Å². The molecule has 0 atom stereocenters. The summed E-state index contributed by atoms with van der Waals surface area (Å²) in [6.45, 7) is 6.87. The van der Waals surface area contributed by atoms with Crippen LogP contribution in [0.5, 0.6) is 0 Å². The van der Waals surface area contributed by atoms with Crippen molar-refractivity contribution in [2.24, 2.45) is 4.99 Å². The fourth-order valence-corrected chi connectivity index (χ4v) is 1.92. The highest BCUT2D eigenvalue weighted by molar-refractivity contribution is 5.85. The molecule has 0 spiro atoms. The summed E-state index contributed by atoms with van der Waals surface area (Å²) in [6, 6.07) is 10.2. The van der Waals surface area contributed by atoms with Crippen LogP contribution in [-0.4, -0.2) is 5.71 Å². The van der Waals surface area contributed by atoms with Crippen molar-refractivity contribution in [3.63, 3.8) is 0 Å². The lowest BCUT2D eigenvalue weighted by Crippen LogP contribution is -1.97. The topological polar surface area (TPSA) is 21.6 Å². The molecule has 1 heterocycles. The van der Waals surface area contributed by atoms with Crippen molar-refractivity contribution < 1.29 is 4.74 Å². The monoisotopic (exact) mass is 241 g/mol. The summed E-state index contributed by atoms with van der Waals surface area (Å²) in [5.41, 5.74) is 4.83. The zero-order chi connectivity index (χ0) is 13.0. The van der Waals surface area contributed by atoms with Gasteiger partial charge in [-0.15, -0.1) is 0 Å². The molecule has 0 fully saturated rings. The largest absolute Gasteiger partial charge is 0.487 e. The number of benzene rings is 1. The normalized spacial score (nSPS) is 15.9. The van der Waals surface area contributed by atoms with Gasteiger partial charge in [-0.05, 0) is 31.9 Å². The molecule has 2 rings (SSSR count). The minimum Gasteiger partial charge on any atom is -0.487 e. The predicted molar refractivity (Wildman–Crippen MR) is 75.4 cm³/mol. The highest BCUT2D eigenvalue weighted by Crippen LogP contribution is 2.22. The molecule has 0 unspecified atom stereocenters. The molecule has 0 N–H and O–H groups in total. The molecule has 0 saturated carbocycles. The van der Waals surface area contributed by atoms with Crippen molar-refractivity contribution in [3.05, 3.63) is 59.0 Å². The Morgan fingerprint density at radius 2 is 1.83 bits per heavy atom. The molecule has 0 saturated heterocycles. The molecule has 0 aromatic heterocycles. The van der Waals surface area contributed by atoms with Crippen molar-refractivity contribution in [1.82, 2.24) is 0 Å². The van der Waals surface area contributed by atoms with Gasteiger partial charge in [0, 0.05) is 12.1 Å². The fourth-order valence-electron chi connectivity index (χ4n) is 1.92. The van der Waals surface area contributed by atoms with E-state index in [1.165, 1.54) is 16.7 Å². The summed E-state index contributed by atoms with van der Waals surface area (Å²) < 4.78 is 5.88. The molecular formula is C16H19NO. The number of allylic oxidation sites excluding steroid dienone is 2. The Labute approximate surface area is 109 Å². The predicted octanol–water partition coefficient (Wildman–Crippen LogP) is 4.25. The van der Waals surface area contributed by atoms with Crippen LogP contribution in [0.2, 0.25) is 0 Å². The highest BCUT2D eigenvalue weighted by atomic mass is 16.5. The maximum atomic E-state index is 5.88. The van der Waals surface area contributed by atoms with Gasteiger partial charge in [0.25, 0.3) is 0 Å². The number of rotatable bonds is 3. The lowest BCUT2D eigenvalue weighted by molar-refractivity contribution is 0.205. The smallest absolute Gasteiger partial charge is 0.140 e. The van der Waals surface area contributed by atoms with Crippen LogP contribution in [0.25, 0.3) is 0 Å². The van der Waals surface area contributed by atoms with Crippen molar-refractivity contribution in [2.45, 2.75) is 33.8 Å². The first kappa shape index (κ1) is 12.6. The molecule has 94 valence electrons. The minimum atomic E-state index is 0.589. The molecule has 2 heteroatoms. The Bertz CT molecular complexity index is 509. The molecule has 1 aliphatic rings. The number of ether oxygens (including phenoxy) is 1. The van der Waals surface area contributed by atoms with E-state index in [0.29, 0.717) is 6.61 Å². The Morgan fingerprint density at radius 1 is 1.11 bits per heavy atom. The third-order valence-electron chi connectivity index (χ3n) is 3.17. The SMILES string of the molecule is CC1=NC=C(OCc2ccccc2)C(C)=C(C)C1. The molecule has 2 nitrogen and oxygen atoms in total. The Balaban J connectivity index is 2.11. The van der Waals surface area contributed by atoms with Crippen molar-refractivity contribution in [1.29, 1.82) is 0 Å². The first-order valence-electron chi connectivity index (χ1n) is 6.23. The minimum absolute atomic E-state index is 0.589. The zero-order valence-electron chi connectivity index (χ0n) is 11.2. The van der Waals surface area contributed by atoms with Gasteiger partial charge in [0.05, 0.1) is 6.20 Å². The molecule has 0 aliphatic carbocycles. The molecule has 0 amide bonds. The molecular weight excluding hydrogens is 222 g/mol. The van der Waals surface area contributed by atoms with Crippen molar-refractivity contribution >= 4 is 5.71 Å². The zero-order valence-corrected chi connectivity index (χ0v) is 11.2. The maximum absolute atomic E-state index is 5.88. The van der Waals surface area contributed by atoms with Gasteiger partial charge in [-0.1, -0.05) is 35.9 Å². The summed E-state index contributed by atoms with van der Waals surface area (Å²) in [4.78, 5) is 4.41. The second-order valence-electron chi connectivity index (χ2n) is 4.71. The first-order valence-corrected chi connectivity index (χ1v) is 6.23. The van der Waals surface area contributed by atoms with Gasteiger partial charge in [0.2, 0.25) is 0 Å². The maximum Gasteiger partial charge on any atom is 0.140 e. The van der Waals surface area contributed by atoms with E-state index in [9.17, 15) is 0 Å². The highest BCUT2D eigenvalue weighted by Gasteiger charge is 2.10. The van der Waals surface area contributed by atoms with Crippen LogP contribution in [0, 0.1) is 0 Å². The van der Waals surface area contributed by atoms with E-state index in [1.54, 1.807) is 0 Å². The molecule has 1 aromatic carbocycles. The van der Waals surface area contributed by atoms with E-state index >= 15 is 0 Å². The molecule has 1 aliphatic heterocycles. The van der Waals surface area contributed by atoms with Crippen LogP contribution in [0.3, 0.4) is 0 Å². The third-order valence-corrected chi connectivity index (χ3v) is 3.17. The van der Waals surface area contributed by atoms with E-state index in [0.717, 1.165) is 17.9 Å². The fraction of sp³-hybridized carbons (Fsp3) is 0.312. The average molecular weight is 241 g/mol. The summed E-state index contributed by atoms with van der Waals surface area (Å²) in [5, 5.41) is 0. The van der Waals surface area contributed by atoms with Crippen LogP contribution in [-0.2, 0) is 11.3 Å². The summed E-state index contributed by atoms with van der Waals surface area (Å²) in [5.74, 6) is 0.883. The lowest BCUT2D eigenvalue weighted by Gasteiger charge is -2.11. The van der Waals surface area contributed by atoms with Crippen LogP contribution >= 0.6 is 0 Å². The van der Waals surface area contributed by atoms with Gasteiger partial charge in [-0.2, -0.15) is 0 Å². The van der Waals surface area contributed by atoms with E-state index < -0.39 is 0 Å². The Hall–Kier alpha value is -1.83. The summed E-state index contributed by atoms with van der Waals surface area (Å²) in [6.07, 6.45) is 2.77. The van der Waals surface area contributed by atoms with E-state index in [1.807, 2.05) is 31.3 Å². The number of nitrogens with zero attached hydrogens (tertiary/aromatic N) is 1. The van der Waals surface area contributed by atoms with E-state index in [-0.39, 0.29) is 0 Å². The van der Waals surface area contributed by atoms with Crippen molar-refractivity contribution in [2.75, 3.05) is 0 Å². The third kappa shape index (κ3) is 3.10. The Morgan fingerprint density at radius 3 is 2.56 bits per heavy atom. The Kier molecular flexibility index (Phi) is 3.98. The van der Waals surface area contributed by atoms with Gasteiger partial charge in [0.1, 0.15) is 12.4 Å². The summed E-state index contributed by atoms with van der Waals surface area (Å²) >= 11 is 0. The second-order valence-corrected chi connectivity index (χ2v) is 4.71. The van der Waals surface area contributed by atoms with Crippen LogP contribution in [0.1, 0.15) is 32.8 Å². The quantitative estimate of drug-likeness (QED) is 0.775. The number of hydrogen-bond acceptors (Lipinski definition) is 2. The molecule has 1 aromatic rings. The molecule has 0 bridgehead atoms. The van der Waals surface area contributed by atoms with Gasteiger partial charge >= 0.3 is 0 Å². The van der Waals surface area contributed by atoms with Gasteiger partial charge < -0.3 is 4.74 Å². The summed E-state index contributed by atoms with van der Waals surface area (Å²) in [7, 11) is 0. The standard InChI is InChI=1S/C16H19NO/c1-12-9-13(2)17-10-16(14(12)3)18-11-15-7-5-4-6-8-15/h4-8,10H,9,11H2,1-3H3. The average Bonchev–Trinajstić information content (AvgIpc) is 2.50.